The van der Waals surface area contributed by atoms with E-state index < -0.39 is 0 Å². The molecule has 2 aromatic heterocycles. The lowest BCUT2D eigenvalue weighted by atomic mass is 10.1. The summed E-state index contributed by atoms with van der Waals surface area (Å²) in [7, 11) is 0. The molecule has 0 radical (unpaired) electrons. The van der Waals surface area contributed by atoms with E-state index in [1.165, 1.54) is 11.1 Å². The van der Waals surface area contributed by atoms with Gasteiger partial charge in [0, 0.05) is 23.8 Å². The number of furan rings is 1. The minimum Gasteiger partial charge on any atom is -0.454 e. The van der Waals surface area contributed by atoms with Crippen molar-refractivity contribution in [2.24, 2.45) is 0 Å². The third-order valence-corrected chi connectivity index (χ3v) is 3.97. The molecule has 0 saturated carbocycles. The summed E-state index contributed by atoms with van der Waals surface area (Å²) >= 11 is 0. The molecular formula is C19H16N2O. The summed E-state index contributed by atoms with van der Waals surface area (Å²) in [4.78, 5) is 4.42. The second-order valence-corrected chi connectivity index (χ2v) is 5.44. The van der Waals surface area contributed by atoms with E-state index in [4.69, 9.17) is 4.42 Å². The van der Waals surface area contributed by atoms with Gasteiger partial charge in [0.2, 0.25) is 0 Å². The molecule has 4 aromatic rings. The summed E-state index contributed by atoms with van der Waals surface area (Å²) < 4.78 is 5.80. The van der Waals surface area contributed by atoms with Crippen molar-refractivity contribution in [2.45, 2.75) is 13.5 Å². The van der Waals surface area contributed by atoms with E-state index in [1.807, 2.05) is 24.3 Å². The summed E-state index contributed by atoms with van der Waals surface area (Å²) in [5, 5.41) is 4.53. The monoisotopic (exact) mass is 288 g/mol. The molecule has 0 bridgehead atoms. The van der Waals surface area contributed by atoms with Crippen LogP contribution in [0.1, 0.15) is 11.1 Å². The van der Waals surface area contributed by atoms with E-state index in [0.717, 1.165) is 34.3 Å². The zero-order chi connectivity index (χ0) is 14.9. The highest BCUT2D eigenvalue weighted by molar-refractivity contribution is 6.03. The van der Waals surface area contributed by atoms with E-state index in [9.17, 15) is 0 Å². The number of pyridine rings is 1. The molecule has 0 unspecified atom stereocenters. The fraction of sp³-hybridized carbons (Fsp3) is 0.105. The number of benzene rings is 2. The van der Waals surface area contributed by atoms with Crippen molar-refractivity contribution < 1.29 is 4.42 Å². The van der Waals surface area contributed by atoms with Crippen LogP contribution in [-0.4, -0.2) is 4.98 Å². The Balaban J connectivity index is 1.67. The van der Waals surface area contributed by atoms with Crippen LogP contribution in [0.5, 0.6) is 0 Å². The zero-order valence-electron chi connectivity index (χ0n) is 12.3. The van der Waals surface area contributed by atoms with Crippen molar-refractivity contribution in [3.05, 3.63) is 71.9 Å². The predicted octanol–water partition coefficient (Wildman–Crippen LogP) is 4.90. The maximum atomic E-state index is 5.80. The van der Waals surface area contributed by atoms with Crippen molar-refractivity contribution in [1.29, 1.82) is 0 Å². The van der Waals surface area contributed by atoms with Gasteiger partial charge in [-0.25, -0.2) is 0 Å². The molecular weight excluding hydrogens is 272 g/mol. The van der Waals surface area contributed by atoms with Crippen molar-refractivity contribution in [3.8, 4) is 0 Å². The third-order valence-electron chi connectivity index (χ3n) is 3.97. The Morgan fingerprint density at radius 3 is 2.82 bits per heavy atom. The number of rotatable bonds is 3. The summed E-state index contributed by atoms with van der Waals surface area (Å²) in [6.07, 6.45) is 1.80. The Kier molecular flexibility index (Phi) is 3.04. The minimum atomic E-state index is 0.807. The molecule has 3 heteroatoms. The molecule has 4 rings (SSSR count). The van der Waals surface area contributed by atoms with Crippen LogP contribution < -0.4 is 5.32 Å². The SMILES string of the molecule is Cc1ccccc1CNc1ccc2oc3cccnc3c2c1. The summed E-state index contributed by atoms with van der Waals surface area (Å²) in [5.74, 6) is 0. The Labute approximate surface area is 128 Å². The molecule has 1 N–H and O–H groups in total. The van der Waals surface area contributed by atoms with Gasteiger partial charge >= 0.3 is 0 Å². The van der Waals surface area contributed by atoms with Gasteiger partial charge < -0.3 is 9.73 Å². The molecule has 0 spiro atoms. The standard InChI is InChI=1S/C19H16N2O/c1-13-5-2-3-6-14(13)12-21-15-8-9-17-16(11-15)19-18(22-17)7-4-10-20-19/h2-11,21H,12H2,1H3. The lowest BCUT2D eigenvalue weighted by Crippen LogP contribution is -2.00. The van der Waals surface area contributed by atoms with Crippen LogP contribution >= 0.6 is 0 Å². The lowest BCUT2D eigenvalue weighted by Gasteiger charge is -2.08. The van der Waals surface area contributed by atoms with Crippen LogP contribution in [0.2, 0.25) is 0 Å². The normalized spacial score (nSPS) is 11.1. The van der Waals surface area contributed by atoms with Gasteiger partial charge in [-0.05, 0) is 48.4 Å². The second kappa shape index (κ2) is 5.19. The molecule has 108 valence electrons. The smallest absolute Gasteiger partial charge is 0.153 e. The number of aryl methyl sites for hydroxylation is 1. The molecule has 2 aromatic carbocycles. The highest BCUT2D eigenvalue weighted by Gasteiger charge is 2.08. The molecule has 0 saturated heterocycles. The molecule has 2 heterocycles. The Hall–Kier alpha value is -2.81. The first kappa shape index (κ1) is 12.9. The van der Waals surface area contributed by atoms with E-state index in [0.29, 0.717) is 0 Å². The first-order valence-corrected chi connectivity index (χ1v) is 7.37. The summed E-state index contributed by atoms with van der Waals surface area (Å²) in [6, 6.07) is 18.4. The topological polar surface area (TPSA) is 38.1 Å². The number of hydrogen-bond donors (Lipinski definition) is 1. The van der Waals surface area contributed by atoms with E-state index in [1.54, 1.807) is 6.20 Å². The van der Waals surface area contributed by atoms with Crippen LogP contribution in [0, 0.1) is 6.92 Å². The third kappa shape index (κ3) is 2.21. The van der Waals surface area contributed by atoms with Crippen molar-refractivity contribution >= 4 is 27.8 Å². The van der Waals surface area contributed by atoms with Gasteiger partial charge in [-0.2, -0.15) is 0 Å². The minimum absolute atomic E-state index is 0.807. The maximum Gasteiger partial charge on any atom is 0.153 e. The van der Waals surface area contributed by atoms with E-state index >= 15 is 0 Å². The first-order valence-electron chi connectivity index (χ1n) is 7.37. The molecule has 0 aliphatic rings. The Bertz CT molecular complexity index is 956. The number of anilines is 1. The van der Waals surface area contributed by atoms with Gasteiger partial charge in [-0.3, -0.25) is 4.98 Å². The second-order valence-electron chi connectivity index (χ2n) is 5.44. The molecule has 0 fully saturated rings. The van der Waals surface area contributed by atoms with Crippen molar-refractivity contribution in [2.75, 3.05) is 5.32 Å². The quantitative estimate of drug-likeness (QED) is 0.582. The number of fused-ring (bicyclic) bond motifs is 3. The molecule has 22 heavy (non-hydrogen) atoms. The van der Waals surface area contributed by atoms with Gasteiger partial charge in [0.15, 0.2) is 5.58 Å². The molecule has 0 aliphatic carbocycles. The van der Waals surface area contributed by atoms with Gasteiger partial charge in [0.05, 0.1) is 0 Å². The highest BCUT2D eigenvalue weighted by Crippen LogP contribution is 2.29. The van der Waals surface area contributed by atoms with E-state index in [-0.39, 0.29) is 0 Å². The fourth-order valence-corrected chi connectivity index (χ4v) is 2.71. The Morgan fingerprint density at radius 2 is 1.91 bits per heavy atom. The van der Waals surface area contributed by atoms with Gasteiger partial charge in [0.25, 0.3) is 0 Å². The number of hydrogen-bond acceptors (Lipinski definition) is 3. The van der Waals surface area contributed by atoms with Gasteiger partial charge in [0.1, 0.15) is 11.1 Å². The number of nitrogens with one attached hydrogen (secondary N) is 1. The Morgan fingerprint density at radius 1 is 1.00 bits per heavy atom. The molecule has 0 atom stereocenters. The van der Waals surface area contributed by atoms with Gasteiger partial charge in [-0.15, -0.1) is 0 Å². The zero-order valence-corrected chi connectivity index (χ0v) is 12.3. The lowest BCUT2D eigenvalue weighted by molar-refractivity contribution is 0.668. The number of nitrogens with zero attached hydrogens (tertiary/aromatic N) is 1. The summed E-state index contributed by atoms with van der Waals surface area (Å²) in [5.41, 5.74) is 6.29. The maximum absolute atomic E-state index is 5.80. The average Bonchev–Trinajstić information content (AvgIpc) is 2.92. The van der Waals surface area contributed by atoms with Crippen LogP contribution in [0.4, 0.5) is 5.69 Å². The van der Waals surface area contributed by atoms with Crippen LogP contribution in [-0.2, 0) is 6.54 Å². The van der Waals surface area contributed by atoms with Crippen molar-refractivity contribution in [1.82, 2.24) is 4.98 Å². The highest BCUT2D eigenvalue weighted by atomic mass is 16.3. The van der Waals surface area contributed by atoms with Crippen molar-refractivity contribution in [3.63, 3.8) is 0 Å². The largest absolute Gasteiger partial charge is 0.454 e. The first-order chi connectivity index (χ1) is 10.8. The average molecular weight is 288 g/mol. The number of aromatic nitrogens is 1. The van der Waals surface area contributed by atoms with Gasteiger partial charge in [-0.1, -0.05) is 24.3 Å². The van der Waals surface area contributed by atoms with Crippen LogP contribution in [0.25, 0.3) is 22.1 Å². The van der Waals surface area contributed by atoms with Crippen LogP contribution in [0.3, 0.4) is 0 Å². The van der Waals surface area contributed by atoms with E-state index in [2.05, 4.69) is 47.6 Å². The predicted molar refractivity (Wildman–Crippen MR) is 90.0 cm³/mol. The molecule has 3 nitrogen and oxygen atoms in total. The van der Waals surface area contributed by atoms with Crippen LogP contribution in [0.15, 0.2) is 65.2 Å². The molecule has 0 aliphatic heterocycles. The summed E-state index contributed by atoms with van der Waals surface area (Å²) in [6.45, 7) is 2.94. The fourth-order valence-electron chi connectivity index (χ4n) is 2.71. The molecule has 0 amide bonds.